The molecule has 34 heavy (non-hydrogen) atoms. The van der Waals surface area contributed by atoms with Gasteiger partial charge >= 0.3 is 6.36 Å². The summed E-state index contributed by atoms with van der Waals surface area (Å²) in [7, 11) is -2.96. The molecular formula is C20H13F4N3O6S. The predicted octanol–water partition coefficient (Wildman–Crippen LogP) is 3.83. The van der Waals surface area contributed by atoms with E-state index >= 15 is 0 Å². The normalized spacial score (nSPS) is 12.0. The Hall–Kier alpha value is -4.07. The summed E-state index contributed by atoms with van der Waals surface area (Å²) in [5.41, 5.74) is -0.762. The molecule has 2 aromatic carbocycles. The van der Waals surface area contributed by atoms with E-state index in [2.05, 4.69) is 19.1 Å². The number of methoxy groups -OCH3 is 1. The third-order valence-corrected chi connectivity index (χ3v) is 5.91. The van der Waals surface area contributed by atoms with Crippen molar-refractivity contribution in [1.82, 2.24) is 9.72 Å². The molecule has 0 aliphatic heterocycles. The van der Waals surface area contributed by atoms with Gasteiger partial charge in [-0.3, -0.25) is 14.1 Å². The van der Waals surface area contributed by atoms with Crippen molar-refractivity contribution in [2.24, 2.45) is 0 Å². The van der Waals surface area contributed by atoms with E-state index in [9.17, 15) is 30.8 Å². The highest BCUT2D eigenvalue weighted by atomic mass is 32.2. The van der Waals surface area contributed by atoms with Gasteiger partial charge in [-0.05, 0) is 24.3 Å². The summed E-state index contributed by atoms with van der Waals surface area (Å²) in [5.74, 6) is -2.88. The molecule has 14 heteroatoms. The van der Waals surface area contributed by atoms with E-state index in [1.54, 1.807) is 0 Å². The maximum atomic E-state index is 14.4. The van der Waals surface area contributed by atoms with Gasteiger partial charge in [-0.1, -0.05) is 5.16 Å². The zero-order chi connectivity index (χ0) is 24.7. The second-order valence-electron chi connectivity index (χ2n) is 6.72. The smallest absolute Gasteiger partial charge is 0.494 e. The second-order valence-corrected chi connectivity index (χ2v) is 8.40. The molecule has 0 spiro atoms. The zero-order valence-corrected chi connectivity index (χ0v) is 17.8. The number of anilines is 1. The van der Waals surface area contributed by atoms with Crippen LogP contribution in [0.4, 0.5) is 23.4 Å². The first kappa shape index (κ1) is 23.1. The van der Waals surface area contributed by atoms with E-state index in [0.717, 1.165) is 17.7 Å². The third kappa shape index (κ3) is 4.52. The van der Waals surface area contributed by atoms with Crippen molar-refractivity contribution in [3.8, 4) is 17.2 Å². The number of sulfonamides is 1. The van der Waals surface area contributed by atoms with Gasteiger partial charge in [0.1, 0.15) is 12.0 Å². The quantitative estimate of drug-likeness (QED) is 0.401. The number of nitrogens with one attached hydrogen (secondary N) is 1. The summed E-state index contributed by atoms with van der Waals surface area (Å²) in [5, 5.41) is 3.72. The van der Waals surface area contributed by atoms with Crippen molar-refractivity contribution in [3.05, 3.63) is 71.0 Å². The first-order chi connectivity index (χ1) is 16.0. The molecule has 9 nitrogen and oxygen atoms in total. The van der Waals surface area contributed by atoms with Crippen LogP contribution in [0.2, 0.25) is 0 Å². The fourth-order valence-corrected chi connectivity index (χ4v) is 4.19. The van der Waals surface area contributed by atoms with E-state index in [0.29, 0.717) is 12.1 Å². The van der Waals surface area contributed by atoms with Gasteiger partial charge in [-0.15, -0.1) is 13.2 Å². The number of benzene rings is 2. The molecule has 0 aliphatic rings. The maximum absolute atomic E-state index is 14.4. The van der Waals surface area contributed by atoms with E-state index in [1.807, 2.05) is 0 Å². The number of hydrogen-bond acceptors (Lipinski definition) is 7. The van der Waals surface area contributed by atoms with Gasteiger partial charge in [0.25, 0.3) is 15.6 Å². The maximum Gasteiger partial charge on any atom is 0.573 e. The summed E-state index contributed by atoms with van der Waals surface area (Å²) in [6.45, 7) is 0. The van der Waals surface area contributed by atoms with Crippen molar-refractivity contribution in [3.63, 3.8) is 0 Å². The largest absolute Gasteiger partial charge is 0.573 e. The molecule has 0 saturated heterocycles. The van der Waals surface area contributed by atoms with Crippen LogP contribution in [0.25, 0.3) is 16.6 Å². The van der Waals surface area contributed by atoms with Crippen molar-refractivity contribution >= 4 is 26.7 Å². The van der Waals surface area contributed by atoms with Gasteiger partial charge in [-0.2, -0.15) is 0 Å². The van der Waals surface area contributed by atoms with Crippen LogP contribution in [0.1, 0.15) is 0 Å². The number of rotatable bonds is 6. The minimum atomic E-state index is -5.15. The summed E-state index contributed by atoms with van der Waals surface area (Å²) >= 11 is 0. The van der Waals surface area contributed by atoms with Crippen LogP contribution >= 0.6 is 0 Å². The second kappa shape index (κ2) is 8.37. The SMILES string of the molecule is COc1cc(OC(F)(F)F)c(F)cc1-n1c(=O)ccc2cc(S(=O)(=O)Nc3ccon3)ccc21. The van der Waals surface area contributed by atoms with Crippen LogP contribution in [0.3, 0.4) is 0 Å². The van der Waals surface area contributed by atoms with Gasteiger partial charge in [0.15, 0.2) is 17.4 Å². The van der Waals surface area contributed by atoms with Crippen LogP contribution in [-0.4, -0.2) is 31.6 Å². The van der Waals surface area contributed by atoms with Crippen LogP contribution in [0.5, 0.6) is 11.5 Å². The van der Waals surface area contributed by atoms with Gasteiger partial charge in [0.2, 0.25) is 0 Å². The molecule has 0 fully saturated rings. The number of pyridine rings is 1. The number of alkyl halides is 3. The van der Waals surface area contributed by atoms with Crippen molar-refractivity contribution < 1.29 is 40.0 Å². The highest BCUT2D eigenvalue weighted by Gasteiger charge is 2.33. The molecule has 0 unspecified atom stereocenters. The highest BCUT2D eigenvalue weighted by Crippen LogP contribution is 2.34. The topological polar surface area (TPSA) is 113 Å². The fraction of sp³-hybridized carbons (Fsp3) is 0.100. The average Bonchev–Trinajstić information content (AvgIpc) is 3.26. The number of aromatic nitrogens is 2. The molecule has 0 amide bonds. The molecule has 1 N–H and O–H groups in total. The van der Waals surface area contributed by atoms with Gasteiger partial charge < -0.3 is 14.0 Å². The van der Waals surface area contributed by atoms with Crippen molar-refractivity contribution in [1.29, 1.82) is 0 Å². The molecule has 4 rings (SSSR count). The Bertz CT molecular complexity index is 1530. The van der Waals surface area contributed by atoms with Crippen LogP contribution < -0.4 is 19.8 Å². The van der Waals surface area contributed by atoms with E-state index in [1.165, 1.54) is 36.6 Å². The first-order valence-corrected chi connectivity index (χ1v) is 10.7. The first-order valence-electron chi connectivity index (χ1n) is 9.21. The minimum Gasteiger partial charge on any atom is -0.494 e. The Morgan fingerprint density at radius 3 is 2.47 bits per heavy atom. The number of nitrogens with zero attached hydrogens (tertiary/aromatic N) is 2. The van der Waals surface area contributed by atoms with Crippen LogP contribution in [0.15, 0.2) is 69.0 Å². The Morgan fingerprint density at radius 1 is 1.06 bits per heavy atom. The van der Waals surface area contributed by atoms with Gasteiger partial charge in [0, 0.05) is 29.7 Å². The lowest BCUT2D eigenvalue weighted by atomic mass is 10.2. The molecule has 0 saturated carbocycles. The molecule has 2 aromatic heterocycles. The van der Waals surface area contributed by atoms with Crippen molar-refractivity contribution in [2.45, 2.75) is 11.3 Å². The van der Waals surface area contributed by atoms with Gasteiger partial charge in [-0.25, -0.2) is 12.8 Å². The predicted molar refractivity (Wildman–Crippen MR) is 110 cm³/mol. The summed E-state index contributed by atoms with van der Waals surface area (Å²) in [6, 6.07) is 8.74. The van der Waals surface area contributed by atoms with E-state index in [4.69, 9.17) is 4.74 Å². The lowest BCUT2D eigenvalue weighted by Gasteiger charge is -2.17. The van der Waals surface area contributed by atoms with Crippen molar-refractivity contribution in [2.75, 3.05) is 11.8 Å². The lowest BCUT2D eigenvalue weighted by molar-refractivity contribution is -0.275. The van der Waals surface area contributed by atoms with Crippen LogP contribution in [0, 0.1) is 5.82 Å². The standard InChI is InChI=1S/C20H13F4N3O6S/c1-31-17-10-16(33-20(22,23)24)13(21)9-15(17)27-14-4-3-12(8-11(14)2-5-19(27)28)34(29,30)26-18-6-7-32-25-18/h2-10H,1H3,(H,25,26). The zero-order valence-electron chi connectivity index (χ0n) is 17.0. The summed E-state index contributed by atoms with van der Waals surface area (Å²) < 4.78 is 93.8. The molecule has 178 valence electrons. The van der Waals surface area contributed by atoms with E-state index < -0.39 is 33.5 Å². The fourth-order valence-electron chi connectivity index (χ4n) is 3.17. The van der Waals surface area contributed by atoms with E-state index in [-0.39, 0.29) is 33.1 Å². The van der Waals surface area contributed by atoms with Crippen LogP contribution in [-0.2, 0) is 10.0 Å². The minimum absolute atomic E-state index is 0.0496. The molecule has 4 aromatic rings. The van der Waals surface area contributed by atoms with Gasteiger partial charge in [0.05, 0.1) is 23.2 Å². The summed E-state index contributed by atoms with van der Waals surface area (Å²) in [4.78, 5) is 12.5. The molecule has 2 heterocycles. The number of fused-ring (bicyclic) bond motifs is 1. The Morgan fingerprint density at radius 2 is 1.82 bits per heavy atom. The Balaban J connectivity index is 1.85. The molecule has 0 atom stereocenters. The monoisotopic (exact) mass is 499 g/mol. The Kier molecular flexibility index (Phi) is 5.69. The number of hydrogen-bond donors (Lipinski definition) is 1. The molecule has 0 radical (unpaired) electrons. The molecule has 0 aliphatic carbocycles. The summed E-state index contributed by atoms with van der Waals surface area (Å²) in [6.07, 6.45) is -3.97. The number of ether oxygens (including phenoxy) is 2. The average molecular weight is 499 g/mol. The molecule has 0 bridgehead atoms. The highest BCUT2D eigenvalue weighted by molar-refractivity contribution is 7.92. The number of halogens is 4. The third-order valence-electron chi connectivity index (χ3n) is 4.55. The lowest BCUT2D eigenvalue weighted by Crippen LogP contribution is -2.20. The Labute approximate surface area is 188 Å². The molecular weight excluding hydrogens is 486 g/mol.